The number of alkyl halides is 2. The minimum Gasteiger partial charge on any atom is -0.379 e. The molecule has 0 aromatic carbocycles. The highest BCUT2D eigenvalue weighted by molar-refractivity contribution is 5.74. The summed E-state index contributed by atoms with van der Waals surface area (Å²) in [4.78, 5) is 12.2. The number of urea groups is 1. The molecule has 1 rings (SSSR count). The third-order valence-corrected chi connectivity index (χ3v) is 2.02. The number of carbonyl (C=O) groups is 1. The van der Waals surface area contributed by atoms with Crippen LogP contribution in [0.2, 0.25) is 0 Å². The van der Waals surface area contributed by atoms with Crippen LogP contribution in [-0.4, -0.2) is 50.2 Å². The first-order valence-corrected chi connectivity index (χ1v) is 4.47. The Kier molecular flexibility index (Phi) is 4.06. The lowest BCUT2D eigenvalue weighted by Gasteiger charge is -2.19. The van der Waals surface area contributed by atoms with E-state index in [9.17, 15) is 13.6 Å². The van der Waals surface area contributed by atoms with Crippen LogP contribution in [0.5, 0.6) is 0 Å². The van der Waals surface area contributed by atoms with Gasteiger partial charge in [-0.05, 0) is 6.42 Å². The summed E-state index contributed by atoms with van der Waals surface area (Å²) in [7, 11) is 1.34. The molecule has 1 saturated heterocycles. The van der Waals surface area contributed by atoms with E-state index in [0.717, 1.165) is 11.3 Å². The fourth-order valence-electron chi connectivity index (χ4n) is 1.22. The van der Waals surface area contributed by atoms with E-state index in [0.29, 0.717) is 13.2 Å². The Morgan fingerprint density at radius 2 is 2.43 bits per heavy atom. The van der Waals surface area contributed by atoms with Gasteiger partial charge in [-0.25, -0.2) is 13.6 Å². The second kappa shape index (κ2) is 5.09. The van der Waals surface area contributed by atoms with Crippen LogP contribution >= 0.6 is 0 Å². The average molecular weight is 208 g/mol. The van der Waals surface area contributed by atoms with Gasteiger partial charge >= 0.3 is 6.03 Å². The molecule has 1 fully saturated rings. The second-order valence-electron chi connectivity index (χ2n) is 3.28. The highest BCUT2D eigenvalue weighted by Gasteiger charge is 2.20. The Labute approximate surface area is 81.2 Å². The first kappa shape index (κ1) is 11.2. The maximum absolute atomic E-state index is 11.9. The molecule has 14 heavy (non-hydrogen) atoms. The van der Waals surface area contributed by atoms with Crippen molar-refractivity contribution in [1.29, 1.82) is 0 Å². The van der Waals surface area contributed by atoms with E-state index in [1.165, 1.54) is 7.05 Å². The predicted octanol–water partition coefficient (Wildman–Crippen LogP) is 0.682. The molecule has 0 saturated carbocycles. The van der Waals surface area contributed by atoms with Crippen molar-refractivity contribution in [2.45, 2.75) is 18.9 Å². The van der Waals surface area contributed by atoms with Crippen LogP contribution < -0.4 is 5.32 Å². The highest BCUT2D eigenvalue weighted by Crippen LogP contribution is 2.04. The summed E-state index contributed by atoms with van der Waals surface area (Å²) < 4.78 is 28.9. The molecule has 0 aromatic rings. The molecular formula is C8H14F2N2O2. The maximum atomic E-state index is 11.9. The van der Waals surface area contributed by atoms with Gasteiger partial charge in [-0.1, -0.05) is 0 Å². The van der Waals surface area contributed by atoms with Crippen LogP contribution in [0, 0.1) is 0 Å². The zero-order valence-corrected chi connectivity index (χ0v) is 8.00. The van der Waals surface area contributed by atoms with Gasteiger partial charge in [-0.3, -0.25) is 0 Å². The molecule has 1 unspecified atom stereocenters. The quantitative estimate of drug-likeness (QED) is 0.741. The van der Waals surface area contributed by atoms with Crippen molar-refractivity contribution in [2.24, 2.45) is 0 Å². The summed E-state index contributed by atoms with van der Waals surface area (Å²) in [6, 6.07) is -0.511. The number of halogens is 2. The Bertz CT molecular complexity index is 196. The summed E-state index contributed by atoms with van der Waals surface area (Å²) in [6.07, 6.45) is -1.75. The van der Waals surface area contributed by atoms with Crippen molar-refractivity contribution in [3.05, 3.63) is 0 Å². The molecule has 4 nitrogen and oxygen atoms in total. The molecule has 1 aliphatic heterocycles. The number of hydrogen-bond donors (Lipinski definition) is 1. The number of hydrogen-bond acceptors (Lipinski definition) is 2. The molecule has 2 amide bonds. The number of rotatable bonds is 3. The van der Waals surface area contributed by atoms with E-state index >= 15 is 0 Å². The van der Waals surface area contributed by atoms with E-state index in [1.54, 1.807) is 0 Å². The molecule has 1 heterocycles. The zero-order chi connectivity index (χ0) is 10.6. The largest absolute Gasteiger partial charge is 0.379 e. The van der Waals surface area contributed by atoms with Gasteiger partial charge in [0.05, 0.1) is 19.2 Å². The normalized spacial score (nSPS) is 21.3. The first-order valence-electron chi connectivity index (χ1n) is 4.47. The molecule has 0 radical (unpaired) electrons. The van der Waals surface area contributed by atoms with Crippen LogP contribution in [0.3, 0.4) is 0 Å². The molecule has 0 bridgehead atoms. The van der Waals surface area contributed by atoms with E-state index in [1.807, 2.05) is 0 Å². The molecule has 1 aliphatic rings. The van der Waals surface area contributed by atoms with Crippen molar-refractivity contribution in [3.8, 4) is 0 Å². The smallest absolute Gasteiger partial charge is 0.317 e. The number of nitrogens with one attached hydrogen (secondary N) is 1. The summed E-state index contributed by atoms with van der Waals surface area (Å²) in [5.74, 6) is 0. The van der Waals surface area contributed by atoms with Crippen LogP contribution in [-0.2, 0) is 4.74 Å². The van der Waals surface area contributed by atoms with Crippen molar-refractivity contribution in [3.63, 3.8) is 0 Å². The van der Waals surface area contributed by atoms with Gasteiger partial charge in [-0.15, -0.1) is 0 Å². The monoisotopic (exact) mass is 208 g/mol. The maximum Gasteiger partial charge on any atom is 0.317 e. The van der Waals surface area contributed by atoms with Crippen LogP contribution in [0.1, 0.15) is 6.42 Å². The topological polar surface area (TPSA) is 41.6 Å². The molecule has 0 aliphatic carbocycles. The van der Waals surface area contributed by atoms with E-state index in [2.05, 4.69) is 5.32 Å². The van der Waals surface area contributed by atoms with E-state index in [-0.39, 0.29) is 6.04 Å². The SMILES string of the molecule is CN(CC(F)F)C(=O)NC1CCOC1. The van der Waals surface area contributed by atoms with Gasteiger partial charge in [0.15, 0.2) is 0 Å². The Balaban J connectivity index is 2.25. The molecule has 82 valence electrons. The average Bonchev–Trinajstić information content (AvgIpc) is 2.55. The minimum atomic E-state index is -2.49. The number of amides is 2. The van der Waals surface area contributed by atoms with Crippen molar-refractivity contribution >= 4 is 6.03 Å². The van der Waals surface area contributed by atoms with E-state index in [4.69, 9.17) is 4.74 Å². The lowest BCUT2D eigenvalue weighted by Crippen LogP contribution is -2.44. The standard InChI is InChI=1S/C8H14F2N2O2/c1-12(4-7(9)10)8(13)11-6-2-3-14-5-6/h6-7H,2-5H2,1H3,(H,11,13). The van der Waals surface area contributed by atoms with Crippen molar-refractivity contribution in [1.82, 2.24) is 10.2 Å². The number of ether oxygens (including phenoxy) is 1. The van der Waals surface area contributed by atoms with Gasteiger partial charge in [0.1, 0.15) is 0 Å². The first-order chi connectivity index (χ1) is 6.59. The van der Waals surface area contributed by atoms with Crippen LogP contribution in [0.25, 0.3) is 0 Å². The number of nitrogens with zero attached hydrogens (tertiary/aromatic N) is 1. The van der Waals surface area contributed by atoms with Crippen LogP contribution in [0.4, 0.5) is 13.6 Å². The second-order valence-corrected chi connectivity index (χ2v) is 3.28. The molecule has 0 aromatic heterocycles. The zero-order valence-electron chi connectivity index (χ0n) is 8.00. The molecule has 1 atom stereocenters. The van der Waals surface area contributed by atoms with Gasteiger partial charge in [-0.2, -0.15) is 0 Å². The van der Waals surface area contributed by atoms with Crippen molar-refractivity contribution in [2.75, 3.05) is 26.8 Å². The fourth-order valence-corrected chi connectivity index (χ4v) is 1.22. The molecule has 1 N–H and O–H groups in total. The summed E-state index contributed by atoms with van der Waals surface area (Å²) in [6.45, 7) is 0.539. The highest BCUT2D eigenvalue weighted by atomic mass is 19.3. The number of carbonyl (C=O) groups excluding carboxylic acids is 1. The summed E-state index contributed by atoms with van der Waals surface area (Å²) in [5, 5.41) is 2.61. The minimum absolute atomic E-state index is 0.0392. The molecule has 6 heteroatoms. The Morgan fingerprint density at radius 1 is 1.71 bits per heavy atom. The van der Waals surface area contributed by atoms with Crippen LogP contribution in [0.15, 0.2) is 0 Å². The fraction of sp³-hybridized carbons (Fsp3) is 0.875. The molecular weight excluding hydrogens is 194 g/mol. The summed E-state index contributed by atoms with van der Waals surface area (Å²) in [5.41, 5.74) is 0. The Morgan fingerprint density at radius 3 is 2.93 bits per heavy atom. The van der Waals surface area contributed by atoms with Gasteiger partial charge in [0, 0.05) is 13.7 Å². The van der Waals surface area contributed by atoms with Gasteiger partial charge < -0.3 is 15.0 Å². The molecule has 0 spiro atoms. The van der Waals surface area contributed by atoms with Gasteiger partial charge in [0.2, 0.25) is 0 Å². The predicted molar refractivity (Wildman–Crippen MR) is 46.4 cm³/mol. The third kappa shape index (κ3) is 3.45. The van der Waals surface area contributed by atoms with E-state index < -0.39 is 19.0 Å². The van der Waals surface area contributed by atoms with Gasteiger partial charge in [0.25, 0.3) is 6.43 Å². The summed E-state index contributed by atoms with van der Waals surface area (Å²) >= 11 is 0. The lowest BCUT2D eigenvalue weighted by atomic mass is 10.3. The lowest BCUT2D eigenvalue weighted by molar-refractivity contribution is 0.106. The Hall–Kier alpha value is -0.910. The third-order valence-electron chi connectivity index (χ3n) is 2.02. The van der Waals surface area contributed by atoms with Crippen molar-refractivity contribution < 1.29 is 18.3 Å².